The Hall–Kier alpha value is -1.75. The van der Waals surface area contributed by atoms with Gasteiger partial charge in [-0.3, -0.25) is 9.59 Å². The Bertz CT molecular complexity index is 668. The summed E-state index contributed by atoms with van der Waals surface area (Å²) in [5, 5.41) is 0.740. The lowest BCUT2D eigenvalue weighted by molar-refractivity contribution is -0.145. The van der Waals surface area contributed by atoms with Crippen molar-refractivity contribution in [3.63, 3.8) is 0 Å². The quantitative estimate of drug-likeness (QED) is 0.777. The first kappa shape index (κ1) is 20.0. The largest absolute Gasteiger partial charge is 0.368 e. The zero-order valence-electron chi connectivity index (χ0n) is 16.6. The number of hydrogen-bond acceptors (Lipinski definition) is 3. The number of carbonyl (C=O) groups excluding carboxylic acids is 2. The highest BCUT2D eigenvalue weighted by atomic mass is 35.5. The van der Waals surface area contributed by atoms with E-state index >= 15 is 0 Å². The zero-order valence-corrected chi connectivity index (χ0v) is 17.3. The molecule has 0 aliphatic carbocycles. The molecule has 0 saturated carbocycles. The fourth-order valence-electron chi connectivity index (χ4n) is 3.90. The van der Waals surface area contributed by atoms with Gasteiger partial charge < -0.3 is 14.7 Å². The smallest absolute Gasteiger partial charge is 0.227 e. The third-order valence-corrected chi connectivity index (χ3v) is 5.81. The SMILES string of the molecule is CC(C)(C)C(=O)N1CCC(C(=O)N2CCN(c3ccc(Cl)cc3)CC2)CC1. The summed E-state index contributed by atoms with van der Waals surface area (Å²) < 4.78 is 0. The van der Waals surface area contributed by atoms with E-state index in [4.69, 9.17) is 11.6 Å². The normalized spacial score (nSPS) is 19.3. The van der Waals surface area contributed by atoms with Crippen LogP contribution in [0.1, 0.15) is 33.6 Å². The summed E-state index contributed by atoms with van der Waals surface area (Å²) in [5.41, 5.74) is 0.801. The van der Waals surface area contributed by atoms with Crippen LogP contribution in [0.5, 0.6) is 0 Å². The van der Waals surface area contributed by atoms with E-state index < -0.39 is 0 Å². The van der Waals surface area contributed by atoms with Gasteiger partial charge in [0.1, 0.15) is 0 Å². The van der Waals surface area contributed by atoms with Gasteiger partial charge in [-0.15, -0.1) is 0 Å². The summed E-state index contributed by atoms with van der Waals surface area (Å²) in [5.74, 6) is 0.495. The molecule has 2 aliphatic rings. The molecule has 0 radical (unpaired) electrons. The average molecular weight is 392 g/mol. The molecule has 1 aromatic carbocycles. The van der Waals surface area contributed by atoms with Gasteiger partial charge in [-0.05, 0) is 37.1 Å². The number of amides is 2. The highest BCUT2D eigenvalue weighted by molar-refractivity contribution is 6.30. The van der Waals surface area contributed by atoms with E-state index in [1.807, 2.05) is 54.8 Å². The van der Waals surface area contributed by atoms with Gasteiger partial charge in [0.15, 0.2) is 0 Å². The third-order valence-electron chi connectivity index (χ3n) is 5.56. The van der Waals surface area contributed by atoms with E-state index in [1.54, 1.807) is 0 Å². The minimum absolute atomic E-state index is 0.0519. The van der Waals surface area contributed by atoms with Crippen molar-refractivity contribution in [2.24, 2.45) is 11.3 Å². The maximum Gasteiger partial charge on any atom is 0.227 e. The molecule has 1 aromatic rings. The van der Waals surface area contributed by atoms with Crippen LogP contribution in [-0.2, 0) is 9.59 Å². The first-order chi connectivity index (χ1) is 12.8. The van der Waals surface area contributed by atoms with Crippen LogP contribution >= 0.6 is 11.6 Å². The standard InChI is InChI=1S/C21H30ClN3O2/c1-21(2,3)20(27)25-10-8-16(9-11-25)19(26)24-14-12-23(13-15-24)18-6-4-17(22)5-7-18/h4-7,16H,8-15H2,1-3H3. The molecule has 2 heterocycles. The first-order valence-corrected chi connectivity index (χ1v) is 10.2. The van der Waals surface area contributed by atoms with Crippen molar-refractivity contribution in [3.05, 3.63) is 29.3 Å². The topological polar surface area (TPSA) is 43.9 Å². The van der Waals surface area contributed by atoms with Crippen molar-refractivity contribution in [3.8, 4) is 0 Å². The molecule has 2 amide bonds. The Morgan fingerprint density at radius 3 is 1.96 bits per heavy atom. The lowest BCUT2D eigenvalue weighted by Gasteiger charge is -2.40. The average Bonchev–Trinajstić information content (AvgIpc) is 2.67. The molecule has 0 unspecified atom stereocenters. The fourth-order valence-corrected chi connectivity index (χ4v) is 4.03. The van der Waals surface area contributed by atoms with Gasteiger partial charge in [-0.2, -0.15) is 0 Å². The Morgan fingerprint density at radius 1 is 0.889 bits per heavy atom. The van der Waals surface area contributed by atoms with Crippen LogP contribution in [0.15, 0.2) is 24.3 Å². The minimum Gasteiger partial charge on any atom is -0.368 e. The molecule has 148 valence electrons. The second-order valence-electron chi connectivity index (χ2n) is 8.61. The molecule has 5 nitrogen and oxygen atoms in total. The number of piperazine rings is 1. The number of anilines is 1. The molecular formula is C21H30ClN3O2. The molecule has 0 N–H and O–H groups in total. The second kappa shape index (κ2) is 8.09. The summed E-state index contributed by atoms with van der Waals surface area (Å²) >= 11 is 5.96. The lowest BCUT2D eigenvalue weighted by Crippen LogP contribution is -2.52. The zero-order chi connectivity index (χ0) is 19.6. The van der Waals surface area contributed by atoms with E-state index in [1.165, 1.54) is 0 Å². The minimum atomic E-state index is -0.352. The van der Waals surface area contributed by atoms with Gasteiger partial charge >= 0.3 is 0 Å². The lowest BCUT2D eigenvalue weighted by atomic mass is 9.90. The molecule has 0 aromatic heterocycles. The van der Waals surface area contributed by atoms with Gasteiger partial charge in [0.2, 0.25) is 11.8 Å². The highest BCUT2D eigenvalue weighted by Crippen LogP contribution is 2.26. The van der Waals surface area contributed by atoms with Gasteiger partial charge in [0.05, 0.1) is 0 Å². The van der Waals surface area contributed by atoms with E-state index in [0.717, 1.165) is 49.7 Å². The highest BCUT2D eigenvalue weighted by Gasteiger charge is 2.34. The van der Waals surface area contributed by atoms with Crippen LogP contribution < -0.4 is 4.90 Å². The van der Waals surface area contributed by atoms with Crippen molar-refractivity contribution in [2.75, 3.05) is 44.2 Å². The summed E-state index contributed by atoms with van der Waals surface area (Å²) in [4.78, 5) is 31.5. The summed E-state index contributed by atoms with van der Waals surface area (Å²) in [7, 11) is 0. The number of benzene rings is 1. The molecule has 0 atom stereocenters. The molecule has 2 fully saturated rings. The summed E-state index contributed by atoms with van der Waals surface area (Å²) in [6.07, 6.45) is 1.55. The molecule has 2 aliphatic heterocycles. The molecular weight excluding hydrogens is 362 g/mol. The molecule has 0 bridgehead atoms. The number of rotatable bonds is 2. The first-order valence-electron chi connectivity index (χ1n) is 9.84. The van der Waals surface area contributed by atoms with Gasteiger partial charge in [-0.1, -0.05) is 32.4 Å². The number of likely N-dealkylation sites (tertiary alicyclic amines) is 1. The predicted molar refractivity (Wildman–Crippen MR) is 109 cm³/mol. The molecule has 0 spiro atoms. The Kier molecular flexibility index (Phi) is 5.99. The van der Waals surface area contributed by atoms with E-state index in [9.17, 15) is 9.59 Å². The second-order valence-corrected chi connectivity index (χ2v) is 9.04. The van der Waals surface area contributed by atoms with Crippen molar-refractivity contribution in [2.45, 2.75) is 33.6 Å². The van der Waals surface area contributed by atoms with E-state index in [-0.39, 0.29) is 23.1 Å². The van der Waals surface area contributed by atoms with Crippen molar-refractivity contribution < 1.29 is 9.59 Å². The van der Waals surface area contributed by atoms with Crippen LogP contribution in [0.3, 0.4) is 0 Å². The third kappa shape index (κ3) is 4.75. The molecule has 3 rings (SSSR count). The van der Waals surface area contributed by atoms with Crippen molar-refractivity contribution in [1.29, 1.82) is 0 Å². The molecule has 6 heteroatoms. The Morgan fingerprint density at radius 2 is 1.44 bits per heavy atom. The van der Waals surface area contributed by atoms with Gasteiger partial charge in [-0.25, -0.2) is 0 Å². The summed E-state index contributed by atoms with van der Waals surface area (Å²) in [6, 6.07) is 7.87. The van der Waals surface area contributed by atoms with Crippen molar-refractivity contribution >= 4 is 29.1 Å². The Labute approximate surface area is 167 Å². The number of carbonyl (C=O) groups is 2. The number of hydrogen-bond donors (Lipinski definition) is 0. The number of nitrogens with zero attached hydrogens (tertiary/aromatic N) is 3. The molecule has 2 saturated heterocycles. The van der Waals surface area contributed by atoms with Crippen molar-refractivity contribution in [1.82, 2.24) is 9.80 Å². The van der Waals surface area contributed by atoms with Crippen LogP contribution in [0.25, 0.3) is 0 Å². The predicted octanol–water partition coefficient (Wildman–Crippen LogP) is 3.27. The maximum absolute atomic E-state index is 12.9. The van der Waals surface area contributed by atoms with E-state index in [2.05, 4.69) is 4.90 Å². The van der Waals surface area contributed by atoms with Gasteiger partial charge in [0.25, 0.3) is 0 Å². The maximum atomic E-state index is 12.9. The number of halogens is 1. The summed E-state index contributed by atoms with van der Waals surface area (Å²) in [6.45, 7) is 10.4. The Balaban J connectivity index is 1.49. The molecule has 27 heavy (non-hydrogen) atoms. The van der Waals surface area contributed by atoms with Crippen LogP contribution in [0.2, 0.25) is 5.02 Å². The van der Waals surface area contributed by atoms with E-state index in [0.29, 0.717) is 13.1 Å². The fraction of sp³-hybridized carbons (Fsp3) is 0.619. The van der Waals surface area contributed by atoms with Gasteiger partial charge in [0, 0.05) is 61.3 Å². The van der Waals surface area contributed by atoms with Crippen LogP contribution in [0, 0.1) is 11.3 Å². The number of piperidine rings is 1. The monoisotopic (exact) mass is 391 g/mol. The van der Waals surface area contributed by atoms with Crippen LogP contribution in [-0.4, -0.2) is 60.9 Å². The van der Waals surface area contributed by atoms with Crippen LogP contribution in [0.4, 0.5) is 5.69 Å².